The van der Waals surface area contributed by atoms with Crippen molar-refractivity contribution in [3.63, 3.8) is 0 Å². The highest BCUT2D eigenvalue weighted by atomic mass is 16.7. The van der Waals surface area contributed by atoms with Gasteiger partial charge in [0.05, 0.1) is 0 Å². The van der Waals surface area contributed by atoms with E-state index in [4.69, 9.17) is 9.47 Å². The van der Waals surface area contributed by atoms with Gasteiger partial charge in [-0.25, -0.2) is 0 Å². The van der Waals surface area contributed by atoms with Crippen LogP contribution in [0.5, 0.6) is 5.75 Å². The summed E-state index contributed by atoms with van der Waals surface area (Å²) in [5, 5.41) is 0. The van der Waals surface area contributed by atoms with Gasteiger partial charge in [-0.05, 0) is 32.1 Å². The normalized spacial score (nSPS) is 12.0. The van der Waals surface area contributed by atoms with Crippen LogP contribution in [0.4, 0.5) is 0 Å². The topological polar surface area (TPSA) is 35.5 Å². The first-order valence-electron chi connectivity index (χ1n) is 5.88. The summed E-state index contributed by atoms with van der Waals surface area (Å²) in [7, 11) is 0. The highest BCUT2D eigenvalue weighted by Gasteiger charge is 2.35. The van der Waals surface area contributed by atoms with Gasteiger partial charge in [-0.2, -0.15) is 0 Å². The van der Waals surface area contributed by atoms with E-state index in [1.807, 2.05) is 30.3 Å². The van der Waals surface area contributed by atoms with E-state index in [0.717, 1.165) is 0 Å². The molecule has 0 amide bonds. The van der Waals surface area contributed by atoms with Crippen LogP contribution in [0, 0.1) is 0 Å². The first kappa shape index (κ1) is 14.5. The third kappa shape index (κ3) is 4.00. The summed E-state index contributed by atoms with van der Waals surface area (Å²) in [6.07, 6.45) is 1.26. The number of hydrogen-bond donors (Lipinski definition) is 0. The summed E-state index contributed by atoms with van der Waals surface area (Å²) in [4.78, 5) is 11.7. The van der Waals surface area contributed by atoms with Gasteiger partial charge in [0.25, 0.3) is 0 Å². The van der Waals surface area contributed by atoms with Crippen molar-refractivity contribution < 1.29 is 14.3 Å². The Morgan fingerprint density at radius 2 is 1.72 bits per heavy atom. The smallest absolute Gasteiger partial charge is 0.205 e. The molecule has 0 N–H and O–H groups in total. The first-order valence-corrected chi connectivity index (χ1v) is 5.88. The molecule has 0 atom stereocenters. The van der Waals surface area contributed by atoms with Crippen LogP contribution in [0.15, 0.2) is 43.0 Å². The van der Waals surface area contributed by atoms with Crippen molar-refractivity contribution in [3.8, 4) is 5.75 Å². The Bertz CT molecular complexity index is 419. The third-order valence-corrected chi connectivity index (χ3v) is 2.39. The molecule has 0 radical (unpaired) electrons. The molecular weight excluding hydrogens is 228 g/mol. The van der Waals surface area contributed by atoms with E-state index in [9.17, 15) is 4.79 Å². The predicted molar refractivity (Wildman–Crippen MR) is 71.5 cm³/mol. The molecule has 18 heavy (non-hydrogen) atoms. The van der Waals surface area contributed by atoms with Crippen LogP contribution in [-0.2, 0) is 9.53 Å². The molecule has 1 rings (SSSR count). The number of hydrogen-bond acceptors (Lipinski definition) is 3. The lowest BCUT2D eigenvalue weighted by Crippen LogP contribution is -2.45. The SMILES string of the molecule is C=CC(=O)C(C)(C)OC(C)(C)Oc1ccccc1. The van der Waals surface area contributed by atoms with Gasteiger partial charge in [-0.15, -0.1) is 0 Å². The number of carbonyl (C=O) groups excluding carboxylic acids is 1. The first-order chi connectivity index (χ1) is 8.27. The zero-order valence-corrected chi connectivity index (χ0v) is 11.4. The molecular formula is C15H20O3. The van der Waals surface area contributed by atoms with E-state index in [1.54, 1.807) is 27.7 Å². The molecule has 3 heteroatoms. The lowest BCUT2D eigenvalue weighted by atomic mass is 10.0. The zero-order valence-electron chi connectivity index (χ0n) is 11.4. The quantitative estimate of drug-likeness (QED) is 0.572. The van der Waals surface area contributed by atoms with E-state index in [0.29, 0.717) is 5.75 Å². The molecule has 0 aromatic heterocycles. The second-order valence-corrected chi connectivity index (χ2v) is 5.00. The number of para-hydroxylation sites is 1. The van der Waals surface area contributed by atoms with Crippen LogP contribution in [0.1, 0.15) is 27.7 Å². The Morgan fingerprint density at radius 3 is 2.22 bits per heavy atom. The Balaban J connectivity index is 2.76. The summed E-state index contributed by atoms with van der Waals surface area (Å²) >= 11 is 0. The Hall–Kier alpha value is -1.61. The van der Waals surface area contributed by atoms with Crippen LogP contribution in [0.25, 0.3) is 0 Å². The average Bonchev–Trinajstić information content (AvgIpc) is 2.27. The fraction of sp³-hybridized carbons (Fsp3) is 0.400. The van der Waals surface area contributed by atoms with Crippen LogP contribution in [0.2, 0.25) is 0 Å². The van der Waals surface area contributed by atoms with Crippen molar-refractivity contribution in [1.29, 1.82) is 0 Å². The standard InChI is InChI=1S/C15H20O3/c1-6-13(16)14(2,3)18-15(4,5)17-12-10-8-7-9-11-12/h6-11H,1H2,2-5H3. The summed E-state index contributed by atoms with van der Waals surface area (Å²) in [5.41, 5.74) is -0.958. The van der Waals surface area contributed by atoms with Gasteiger partial charge in [0.2, 0.25) is 5.79 Å². The predicted octanol–water partition coefficient (Wildman–Crippen LogP) is 3.35. The molecule has 0 heterocycles. The fourth-order valence-corrected chi connectivity index (χ4v) is 1.70. The summed E-state index contributed by atoms with van der Waals surface area (Å²) in [6, 6.07) is 9.35. The van der Waals surface area contributed by atoms with Gasteiger partial charge in [0.15, 0.2) is 5.78 Å². The van der Waals surface area contributed by atoms with E-state index < -0.39 is 11.4 Å². The minimum Gasteiger partial charge on any atom is -0.463 e. The van der Waals surface area contributed by atoms with Gasteiger partial charge in [0.1, 0.15) is 11.4 Å². The molecule has 3 nitrogen and oxygen atoms in total. The average molecular weight is 248 g/mol. The lowest BCUT2D eigenvalue weighted by molar-refractivity contribution is -0.215. The molecule has 0 saturated carbocycles. The molecule has 0 spiro atoms. The Morgan fingerprint density at radius 1 is 1.17 bits per heavy atom. The van der Waals surface area contributed by atoms with Gasteiger partial charge in [-0.1, -0.05) is 24.8 Å². The maximum Gasteiger partial charge on any atom is 0.205 e. The number of carbonyl (C=O) groups is 1. The van der Waals surface area contributed by atoms with E-state index in [1.165, 1.54) is 6.08 Å². The highest BCUT2D eigenvalue weighted by molar-refractivity contribution is 5.95. The summed E-state index contributed by atoms with van der Waals surface area (Å²) < 4.78 is 11.5. The van der Waals surface area contributed by atoms with Crippen molar-refractivity contribution in [1.82, 2.24) is 0 Å². The molecule has 0 aliphatic heterocycles. The third-order valence-electron chi connectivity index (χ3n) is 2.39. The van der Waals surface area contributed by atoms with Crippen molar-refractivity contribution in [2.45, 2.75) is 39.1 Å². The van der Waals surface area contributed by atoms with Crippen molar-refractivity contribution in [3.05, 3.63) is 43.0 Å². The summed E-state index contributed by atoms with van der Waals surface area (Å²) in [5.74, 6) is -0.375. The van der Waals surface area contributed by atoms with Gasteiger partial charge < -0.3 is 9.47 Å². The van der Waals surface area contributed by atoms with Crippen molar-refractivity contribution >= 4 is 5.78 Å². The monoisotopic (exact) mass is 248 g/mol. The maximum absolute atomic E-state index is 11.7. The maximum atomic E-state index is 11.7. The molecule has 0 unspecified atom stereocenters. The van der Waals surface area contributed by atoms with Crippen LogP contribution < -0.4 is 4.74 Å². The second-order valence-electron chi connectivity index (χ2n) is 5.00. The molecule has 0 bridgehead atoms. The Kier molecular flexibility index (Phi) is 4.30. The second kappa shape index (κ2) is 5.36. The van der Waals surface area contributed by atoms with E-state index in [2.05, 4.69) is 6.58 Å². The molecule has 1 aromatic carbocycles. The van der Waals surface area contributed by atoms with Gasteiger partial charge in [-0.3, -0.25) is 4.79 Å². The number of benzene rings is 1. The highest BCUT2D eigenvalue weighted by Crippen LogP contribution is 2.25. The summed E-state index contributed by atoms with van der Waals surface area (Å²) in [6.45, 7) is 10.4. The lowest BCUT2D eigenvalue weighted by Gasteiger charge is -2.34. The van der Waals surface area contributed by atoms with Gasteiger partial charge >= 0.3 is 0 Å². The van der Waals surface area contributed by atoms with Crippen molar-refractivity contribution in [2.75, 3.05) is 0 Å². The zero-order chi connectivity index (χ0) is 13.8. The van der Waals surface area contributed by atoms with Crippen molar-refractivity contribution in [2.24, 2.45) is 0 Å². The number of rotatable bonds is 6. The molecule has 0 fully saturated rings. The van der Waals surface area contributed by atoms with Crippen LogP contribution >= 0.6 is 0 Å². The minimum atomic E-state index is -0.958. The fourth-order valence-electron chi connectivity index (χ4n) is 1.70. The van der Waals surface area contributed by atoms with E-state index in [-0.39, 0.29) is 5.78 Å². The van der Waals surface area contributed by atoms with E-state index >= 15 is 0 Å². The van der Waals surface area contributed by atoms with Gasteiger partial charge in [0, 0.05) is 13.8 Å². The minimum absolute atomic E-state index is 0.174. The van der Waals surface area contributed by atoms with Crippen LogP contribution in [0.3, 0.4) is 0 Å². The molecule has 0 saturated heterocycles. The molecule has 1 aromatic rings. The molecule has 0 aliphatic rings. The molecule has 98 valence electrons. The largest absolute Gasteiger partial charge is 0.463 e. The number of ketones is 1. The Labute approximate surface area is 108 Å². The van der Waals surface area contributed by atoms with Crippen LogP contribution in [-0.4, -0.2) is 17.2 Å². The number of ether oxygens (including phenoxy) is 2. The molecule has 0 aliphatic carbocycles.